The summed E-state index contributed by atoms with van der Waals surface area (Å²) in [6.07, 6.45) is 1.55. The molecule has 0 unspecified atom stereocenters. The molecule has 22 heavy (non-hydrogen) atoms. The molecule has 1 heterocycles. The van der Waals surface area contributed by atoms with Crippen LogP contribution in [0.4, 0.5) is 0 Å². The molecule has 6 nitrogen and oxygen atoms in total. The third kappa shape index (κ3) is 5.80. The van der Waals surface area contributed by atoms with E-state index in [0.717, 1.165) is 18.5 Å². The third-order valence-corrected chi connectivity index (χ3v) is 2.94. The second-order valence-corrected chi connectivity index (χ2v) is 4.90. The smallest absolute Gasteiger partial charge is 0.228 e. The lowest BCUT2D eigenvalue weighted by atomic mass is 10.2. The molecule has 2 rings (SSSR count). The van der Waals surface area contributed by atoms with Crippen molar-refractivity contribution < 1.29 is 4.52 Å². The van der Waals surface area contributed by atoms with Gasteiger partial charge in [0.25, 0.3) is 0 Å². The fourth-order valence-corrected chi connectivity index (χ4v) is 1.88. The molecule has 0 bridgehead atoms. The summed E-state index contributed by atoms with van der Waals surface area (Å²) in [5, 5.41) is 7.58. The molecule has 1 aromatic carbocycles. The van der Waals surface area contributed by atoms with Gasteiger partial charge in [-0.05, 0) is 18.6 Å². The highest BCUT2D eigenvalue weighted by molar-refractivity contribution is 14.0. The first kappa shape index (κ1) is 18.7. The third-order valence-electron chi connectivity index (χ3n) is 2.70. The van der Waals surface area contributed by atoms with E-state index in [0.29, 0.717) is 35.7 Å². The lowest BCUT2D eigenvalue weighted by Gasteiger charge is -2.02. The average molecular weight is 436 g/mol. The molecular formula is C14H19ClIN5O. The van der Waals surface area contributed by atoms with E-state index < -0.39 is 0 Å². The van der Waals surface area contributed by atoms with Crippen molar-refractivity contribution in [3.8, 4) is 11.4 Å². The van der Waals surface area contributed by atoms with E-state index in [4.69, 9.17) is 21.9 Å². The van der Waals surface area contributed by atoms with Gasteiger partial charge in [-0.2, -0.15) is 4.98 Å². The van der Waals surface area contributed by atoms with Gasteiger partial charge < -0.3 is 15.6 Å². The van der Waals surface area contributed by atoms with Gasteiger partial charge in [0.2, 0.25) is 11.7 Å². The minimum atomic E-state index is 0. The van der Waals surface area contributed by atoms with Crippen molar-refractivity contribution in [1.82, 2.24) is 15.5 Å². The van der Waals surface area contributed by atoms with Crippen LogP contribution in [0.15, 0.2) is 33.8 Å². The highest BCUT2D eigenvalue weighted by Gasteiger charge is 2.08. The summed E-state index contributed by atoms with van der Waals surface area (Å²) in [5.74, 6) is 1.51. The number of nitrogens with one attached hydrogen (secondary N) is 1. The number of rotatable bonds is 6. The summed E-state index contributed by atoms with van der Waals surface area (Å²) in [5.41, 5.74) is 6.52. The van der Waals surface area contributed by atoms with Crippen LogP contribution < -0.4 is 11.1 Å². The van der Waals surface area contributed by atoms with E-state index in [9.17, 15) is 0 Å². The number of aromatic nitrogens is 2. The summed E-state index contributed by atoms with van der Waals surface area (Å²) in [6.45, 7) is 3.36. The van der Waals surface area contributed by atoms with E-state index in [1.54, 1.807) is 12.1 Å². The summed E-state index contributed by atoms with van der Waals surface area (Å²) in [7, 11) is 0. The minimum Gasteiger partial charge on any atom is -0.370 e. The number of nitrogens with zero attached hydrogens (tertiary/aromatic N) is 3. The van der Waals surface area contributed by atoms with Crippen molar-refractivity contribution in [2.24, 2.45) is 10.7 Å². The van der Waals surface area contributed by atoms with Crippen molar-refractivity contribution in [2.45, 2.75) is 19.8 Å². The van der Waals surface area contributed by atoms with Gasteiger partial charge in [-0.1, -0.05) is 35.8 Å². The van der Waals surface area contributed by atoms with Crippen LogP contribution in [0.1, 0.15) is 19.2 Å². The quantitative estimate of drug-likeness (QED) is 0.414. The Balaban J connectivity index is 0.00000242. The van der Waals surface area contributed by atoms with Gasteiger partial charge in [0.05, 0.1) is 0 Å². The van der Waals surface area contributed by atoms with E-state index in [-0.39, 0.29) is 24.0 Å². The molecule has 0 spiro atoms. The van der Waals surface area contributed by atoms with Crippen molar-refractivity contribution in [1.29, 1.82) is 0 Å². The second-order valence-electron chi connectivity index (χ2n) is 4.47. The Labute approximate surface area is 151 Å². The second kappa shape index (κ2) is 9.62. The van der Waals surface area contributed by atoms with Crippen LogP contribution in [0.25, 0.3) is 11.4 Å². The zero-order chi connectivity index (χ0) is 15.1. The Kier molecular flexibility index (Phi) is 8.18. The Morgan fingerprint density at radius 2 is 2.27 bits per heavy atom. The van der Waals surface area contributed by atoms with Crippen LogP contribution in [0, 0.1) is 0 Å². The summed E-state index contributed by atoms with van der Waals surface area (Å²) < 4.78 is 5.20. The first-order valence-corrected chi connectivity index (χ1v) is 7.19. The zero-order valence-corrected chi connectivity index (χ0v) is 15.3. The predicted octanol–water partition coefficient (Wildman–Crippen LogP) is 2.86. The Morgan fingerprint density at radius 1 is 1.45 bits per heavy atom. The molecule has 0 saturated heterocycles. The molecule has 0 fully saturated rings. The molecule has 0 aliphatic rings. The molecule has 120 valence electrons. The topological polar surface area (TPSA) is 89.3 Å². The van der Waals surface area contributed by atoms with E-state index >= 15 is 0 Å². The van der Waals surface area contributed by atoms with Gasteiger partial charge in [0.15, 0.2) is 5.96 Å². The molecule has 2 aromatic rings. The minimum absolute atomic E-state index is 0. The summed E-state index contributed by atoms with van der Waals surface area (Å²) in [4.78, 5) is 8.46. The van der Waals surface area contributed by atoms with Gasteiger partial charge in [-0.3, -0.25) is 4.99 Å². The van der Waals surface area contributed by atoms with E-state index in [2.05, 4.69) is 20.4 Å². The van der Waals surface area contributed by atoms with Gasteiger partial charge in [0.1, 0.15) is 0 Å². The molecular weight excluding hydrogens is 417 g/mol. The van der Waals surface area contributed by atoms with Gasteiger partial charge in [-0.25, -0.2) is 0 Å². The fourth-order valence-electron chi connectivity index (χ4n) is 1.69. The first-order chi connectivity index (χ1) is 10.2. The molecule has 0 radical (unpaired) electrons. The highest BCUT2D eigenvalue weighted by atomic mass is 127. The lowest BCUT2D eigenvalue weighted by Crippen LogP contribution is -2.33. The number of guanidine groups is 1. The standard InChI is InChI=1S/C14H18ClN5O.HI/c1-2-7-17-14(16)18-8-6-12-19-13(20-21-12)10-4-3-5-11(15)9-10;/h3-5,9H,2,6-8H2,1H3,(H3,16,17,18);1H. The van der Waals surface area contributed by atoms with Crippen molar-refractivity contribution in [3.05, 3.63) is 35.2 Å². The number of nitrogens with two attached hydrogens (primary N) is 1. The molecule has 0 aliphatic carbocycles. The van der Waals surface area contributed by atoms with Gasteiger partial charge >= 0.3 is 0 Å². The number of benzene rings is 1. The Bertz CT molecular complexity index is 617. The largest absolute Gasteiger partial charge is 0.370 e. The number of hydrogen-bond donors (Lipinski definition) is 2. The maximum atomic E-state index is 5.94. The average Bonchev–Trinajstić information content (AvgIpc) is 2.94. The summed E-state index contributed by atoms with van der Waals surface area (Å²) >= 11 is 5.94. The SMILES string of the molecule is CCCN=C(N)NCCc1nc(-c2cccc(Cl)c2)no1.I. The zero-order valence-electron chi connectivity index (χ0n) is 12.3. The molecule has 1 aromatic heterocycles. The van der Waals surface area contributed by atoms with E-state index in [1.165, 1.54) is 0 Å². The van der Waals surface area contributed by atoms with Crippen LogP contribution in [0.3, 0.4) is 0 Å². The van der Waals surface area contributed by atoms with Crippen molar-refractivity contribution in [3.63, 3.8) is 0 Å². The highest BCUT2D eigenvalue weighted by Crippen LogP contribution is 2.19. The maximum Gasteiger partial charge on any atom is 0.228 e. The monoisotopic (exact) mass is 435 g/mol. The molecule has 3 N–H and O–H groups in total. The van der Waals surface area contributed by atoms with Gasteiger partial charge in [0, 0.05) is 30.1 Å². The molecule has 0 aliphatic heterocycles. The van der Waals surface area contributed by atoms with E-state index in [1.807, 2.05) is 19.1 Å². The molecule has 0 amide bonds. The molecule has 8 heteroatoms. The fraction of sp³-hybridized carbons (Fsp3) is 0.357. The number of halogens is 2. The van der Waals surface area contributed by atoms with Crippen LogP contribution in [0.5, 0.6) is 0 Å². The normalized spacial score (nSPS) is 11.1. The van der Waals surface area contributed by atoms with Crippen molar-refractivity contribution in [2.75, 3.05) is 13.1 Å². The molecule has 0 saturated carbocycles. The first-order valence-electron chi connectivity index (χ1n) is 6.81. The Hall–Kier alpha value is -1.35. The van der Waals surface area contributed by atoms with Crippen LogP contribution in [-0.4, -0.2) is 29.2 Å². The summed E-state index contributed by atoms with van der Waals surface area (Å²) in [6, 6.07) is 7.33. The molecule has 0 atom stereocenters. The number of hydrogen-bond acceptors (Lipinski definition) is 4. The number of aliphatic imine (C=N–C) groups is 1. The van der Waals surface area contributed by atoms with Crippen LogP contribution in [0.2, 0.25) is 5.02 Å². The predicted molar refractivity (Wildman–Crippen MR) is 98.6 cm³/mol. The maximum absolute atomic E-state index is 5.94. The lowest BCUT2D eigenvalue weighted by molar-refractivity contribution is 0.379. The Morgan fingerprint density at radius 3 is 3.00 bits per heavy atom. The van der Waals surface area contributed by atoms with Crippen LogP contribution in [-0.2, 0) is 6.42 Å². The van der Waals surface area contributed by atoms with Crippen LogP contribution >= 0.6 is 35.6 Å². The van der Waals surface area contributed by atoms with Gasteiger partial charge in [-0.15, -0.1) is 24.0 Å². The van der Waals surface area contributed by atoms with Crippen molar-refractivity contribution >= 4 is 41.5 Å².